The summed E-state index contributed by atoms with van der Waals surface area (Å²) < 4.78 is 33.2. The van der Waals surface area contributed by atoms with E-state index in [-0.39, 0.29) is 34.2 Å². The first kappa shape index (κ1) is 21.6. The number of nitrogens with one attached hydrogen (secondary N) is 2. The van der Waals surface area contributed by atoms with E-state index < -0.39 is 10.0 Å². The molecule has 0 saturated heterocycles. The first-order chi connectivity index (χ1) is 13.8. The number of benzene rings is 2. The highest BCUT2D eigenvalue weighted by molar-refractivity contribution is 7.89. The average molecular weight is 437 g/mol. The summed E-state index contributed by atoms with van der Waals surface area (Å²) in [5.74, 6) is -0.0683. The maximum atomic E-state index is 12.5. The molecule has 2 N–H and O–H groups in total. The van der Waals surface area contributed by atoms with Crippen molar-refractivity contribution in [2.75, 3.05) is 11.9 Å². The van der Waals surface area contributed by atoms with E-state index in [1.807, 2.05) is 32.0 Å². The Morgan fingerprint density at radius 2 is 1.79 bits per heavy atom. The number of carbonyl (C=O) groups excluding carboxylic acids is 1. The summed E-state index contributed by atoms with van der Waals surface area (Å²) in [5.41, 5.74) is 2.67. The van der Waals surface area contributed by atoms with Crippen molar-refractivity contribution in [3.8, 4) is 5.75 Å². The largest absolute Gasteiger partial charge is 0.482 e. The second-order valence-electron chi connectivity index (χ2n) is 7.30. The van der Waals surface area contributed by atoms with E-state index in [0.717, 1.165) is 42.5 Å². The molecule has 0 bridgehead atoms. The smallest absolute Gasteiger partial charge is 0.262 e. The predicted molar refractivity (Wildman–Crippen MR) is 114 cm³/mol. The van der Waals surface area contributed by atoms with Crippen LogP contribution in [0.1, 0.15) is 36.8 Å². The van der Waals surface area contributed by atoms with Gasteiger partial charge in [0.15, 0.2) is 6.61 Å². The van der Waals surface area contributed by atoms with Crippen molar-refractivity contribution in [3.05, 3.63) is 52.5 Å². The van der Waals surface area contributed by atoms with E-state index in [9.17, 15) is 13.2 Å². The van der Waals surface area contributed by atoms with Gasteiger partial charge < -0.3 is 10.1 Å². The molecular weight excluding hydrogens is 412 g/mol. The second kappa shape index (κ2) is 9.15. The number of aryl methyl sites for hydroxylation is 2. The van der Waals surface area contributed by atoms with Gasteiger partial charge in [-0.15, -0.1) is 0 Å². The maximum Gasteiger partial charge on any atom is 0.262 e. The Morgan fingerprint density at radius 1 is 1.14 bits per heavy atom. The van der Waals surface area contributed by atoms with Gasteiger partial charge in [0.2, 0.25) is 10.0 Å². The molecule has 0 atom stereocenters. The molecule has 1 saturated carbocycles. The van der Waals surface area contributed by atoms with Crippen LogP contribution in [0.3, 0.4) is 0 Å². The van der Waals surface area contributed by atoms with Crippen LogP contribution in [-0.4, -0.2) is 27.0 Å². The quantitative estimate of drug-likeness (QED) is 0.681. The molecule has 0 aromatic heterocycles. The highest BCUT2D eigenvalue weighted by Gasteiger charge is 2.23. The van der Waals surface area contributed by atoms with E-state index >= 15 is 0 Å². The van der Waals surface area contributed by atoms with Crippen molar-refractivity contribution in [2.24, 2.45) is 0 Å². The van der Waals surface area contributed by atoms with Crippen molar-refractivity contribution in [1.29, 1.82) is 0 Å². The lowest BCUT2D eigenvalue weighted by atomic mass is 10.1. The molecule has 0 radical (unpaired) electrons. The third-order valence-corrected chi connectivity index (χ3v) is 6.81. The summed E-state index contributed by atoms with van der Waals surface area (Å²) >= 11 is 6.20. The number of hydrogen-bond acceptors (Lipinski definition) is 4. The summed E-state index contributed by atoms with van der Waals surface area (Å²) in [7, 11) is -3.63. The van der Waals surface area contributed by atoms with Crippen molar-refractivity contribution < 1.29 is 17.9 Å². The lowest BCUT2D eigenvalue weighted by molar-refractivity contribution is -0.118. The number of para-hydroxylation sites is 1. The average Bonchev–Trinajstić information content (AvgIpc) is 3.16. The zero-order valence-corrected chi connectivity index (χ0v) is 18.1. The molecule has 29 heavy (non-hydrogen) atoms. The Balaban J connectivity index is 1.62. The highest BCUT2D eigenvalue weighted by atomic mass is 35.5. The minimum atomic E-state index is -3.63. The molecule has 2 aromatic rings. The molecule has 0 aliphatic heterocycles. The maximum absolute atomic E-state index is 12.5. The number of halogens is 1. The normalized spacial score (nSPS) is 14.7. The van der Waals surface area contributed by atoms with Gasteiger partial charge in [-0.2, -0.15) is 0 Å². The molecule has 1 fully saturated rings. The van der Waals surface area contributed by atoms with E-state index in [0.29, 0.717) is 0 Å². The SMILES string of the molecule is Cc1cccc(C)c1NC(=O)COc1ccc(S(=O)(=O)NC2CCCC2)cc1Cl. The first-order valence-electron chi connectivity index (χ1n) is 9.57. The standard InChI is InChI=1S/C21H25ClN2O4S/c1-14-6-5-7-15(2)21(14)23-20(25)13-28-19-11-10-17(12-18(19)22)29(26,27)24-16-8-3-4-9-16/h5-7,10-12,16,24H,3-4,8-9,13H2,1-2H3,(H,23,25). The Kier molecular flexibility index (Phi) is 6.82. The van der Waals surface area contributed by atoms with Crippen LogP contribution in [0.15, 0.2) is 41.3 Å². The Labute approximate surface area is 176 Å². The monoisotopic (exact) mass is 436 g/mol. The molecule has 2 aromatic carbocycles. The lowest BCUT2D eigenvalue weighted by Crippen LogP contribution is -2.32. The molecule has 0 unspecified atom stereocenters. The zero-order chi connectivity index (χ0) is 21.0. The van der Waals surface area contributed by atoms with Crippen LogP contribution in [0.25, 0.3) is 0 Å². The van der Waals surface area contributed by atoms with Crippen LogP contribution < -0.4 is 14.8 Å². The molecule has 1 amide bonds. The van der Waals surface area contributed by atoms with Crippen LogP contribution in [-0.2, 0) is 14.8 Å². The molecule has 3 rings (SSSR count). The van der Waals surface area contributed by atoms with Gasteiger partial charge in [0.05, 0.1) is 9.92 Å². The predicted octanol–water partition coefficient (Wildman–Crippen LogP) is 4.20. The molecule has 0 spiro atoms. The molecule has 1 aliphatic carbocycles. The summed E-state index contributed by atoms with van der Waals surface area (Å²) in [6.45, 7) is 3.60. The van der Waals surface area contributed by atoms with Crippen LogP contribution >= 0.6 is 11.6 Å². The topological polar surface area (TPSA) is 84.5 Å². The van der Waals surface area contributed by atoms with Gasteiger partial charge in [-0.1, -0.05) is 42.6 Å². The highest BCUT2D eigenvalue weighted by Crippen LogP contribution is 2.28. The third-order valence-electron chi connectivity index (χ3n) is 4.99. The minimum absolute atomic E-state index is 0.0247. The lowest BCUT2D eigenvalue weighted by Gasteiger charge is -2.14. The number of ether oxygens (including phenoxy) is 1. The number of hydrogen-bond donors (Lipinski definition) is 2. The fourth-order valence-corrected chi connectivity index (χ4v) is 5.06. The van der Waals surface area contributed by atoms with Crippen LogP contribution in [0.5, 0.6) is 5.75 Å². The van der Waals surface area contributed by atoms with Gasteiger partial charge >= 0.3 is 0 Å². The van der Waals surface area contributed by atoms with Crippen LogP contribution in [0.2, 0.25) is 5.02 Å². The fraction of sp³-hybridized carbons (Fsp3) is 0.381. The van der Waals surface area contributed by atoms with Gasteiger partial charge in [0, 0.05) is 11.7 Å². The van der Waals surface area contributed by atoms with Crippen molar-refractivity contribution in [1.82, 2.24) is 4.72 Å². The van der Waals surface area contributed by atoms with E-state index in [1.54, 1.807) is 0 Å². The number of rotatable bonds is 7. The molecule has 0 heterocycles. The van der Waals surface area contributed by atoms with E-state index in [2.05, 4.69) is 10.0 Å². The fourth-order valence-electron chi connectivity index (χ4n) is 3.43. The molecular formula is C21H25ClN2O4S. The number of amides is 1. The molecule has 8 heteroatoms. The zero-order valence-electron chi connectivity index (χ0n) is 16.5. The van der Waals surface area contributed by atoms with Gasteiger partial charge in [-0.05, 0) is 56.0 Å². The third kappa shape index (κ3) is 5.50. The molecule has 6 nitrogen and oxygen atoms in total. The number of sulfonamides is 1. The summed E-state index contributed by atoms with van der Waals surface area (Å²) in [6, 6.07) is 9.98. The molecule has 1 aliphatic rings. The van der Waals surface area contributed by atoms with E-state index in [4.69, 9.17) is 16.3 Å². The Hall–Kier alpha value is -2.09. The van der Waals surface area contributed by atoms with Crippen molar-refractivity contribution in [3.63, 3.8) is 0 Å². The van der Waals surface area contributed by atoms with Crippen molar-refractivity contribution in [2.45, 2.75) is 50.5 Å². The summed E-state index contributed by atoms with van der Waals surface area (Å²) in [5, 5.41) is 2.97. The minimum Gasteiger partial charge on any atom is -0.482 e. The van der Waals surface area contributed by atoms with E-state index in [1.165, 1.54) is 18.2 Å². The molecule has 156 valence electrons. The number of anilines is 1. The van der Waals surface area contributed by atoms with Gasteiger partial charge in [0.25, 0.3) is 5.91 Å². The Bertz CT molecular complexity index is 981. The van der Waals surface area contributed by atoms with Crippen LogP contribution in [0, 0.1) is 13.8 Å². The first-order valence-corrected chi connectivity index (χ1v) is 11.4. The number of carbonyl (C=O) groups is 1. The summed E-state index contributed by atoms with van der Waals surface area (Å²) in [4.78, 5) is 12.3. The second-order valence-corrected chi connectivity index (χ2v) is 9.42. The Morgan fingerprint density at radius 3 is 2.41 bits per heavy atom. The van der Waals surface area contributed by atoms with Crippen LogP contribution in [0.4, 0.5) is 5.69 Å². The van der Waals surface area contributed by atoms with Crippen molar-refractivity contribution >= 4 is 33.2 Å². The van der Waals surface area contributed by atoms with Gasteiger partial charge in [-0.3, -0.25) is 4.79 Å². The summed E-state index contributed by atoms with van der Waals surface area (Å²) in [6.07, 6.45) is 3.77. The van der Waals surface area contributed by atoms with Gasteiger partial charge in [0.1, 0.15) is 5.75 Å². The van der Waals surface area contributed by atoms with Gasteiger partial charge in [-0.25, -0.2) is 13.1 Å².